The van der Waals surface area contributed by atoms with Crippen molar-refractivity contribution in [3.63, 3.8) is 0 Å². The first-order chi connectivity index (χ1) is 10.7. The fourth-order valence-electron chi connectivity index (χ4n) is 4.22. The monoisotopic (exact) mass is 300 g/mol. The third-order valence-corrected chi connectivity index (χ3v) is 5.67. The van der Waals surface area contributed by atoms with Crippen molar-refractivity contribution in [1.29, 1.82) is 0 Å². The molecule has 22 heavy (non-hydrogen) atoms. The van der Waals surface area contributed by atoms with E-state index in [0.717, 1.165) is 45.3 Å². The van der Waals surface area contributed by atoms with Gasteiger partial charge in [0, 0.05) is 13.1 Å². The molecule has 1 aromatic carbocycles. The van der Waals surface area contributed by atoms with Gasteiger partial charge in [-0.2, -0.15) is 0 Å². The average Bonchev–Trinajstić information content (AvgIpc) is 3.05. The van der Waals surface area contributed by atoms with E-state index in [-0.39, 0.29) is 5.41 Å². The van der Waals surface area contributed by atoms with Gasteiger partial charge >= 0.3 is 0 Å². The van der Waals surface area contributed by atoms with Crippen LogP contribution in [-0.2, 0) is 10.2 Å². The highest BCUT2D eigenvalue weighted by molar-refractivity contribution is 5.88. The summed E-state index contributed by atoms with van der Waals surface area (Å²) in [6.45, 7) is 4.64. The molecular weight excluding hydrogens is 272 g/mol. The molecule has 2 aliphatic rings. The van der Waals surface area contributed by atoms with Crippen molar-refractivity contribution in [2.45, 2.75) is 50.9 Å². The Morgan fingerprint density at radius 2 is 1.95 bits per heavy atom. The second-order valence-corrected chi connectivity index (χ2v) is 7.13. The molecule has 3 heteroatoms. The van der Waals surface area contributed by atoms with Crippen LogP contribution in [0.15, 0.2) is 24.3 Å². The summed E-state index contributed by atoms with van der Waals surface area (Å²) < 4.78 is 0. The number of benzene rings is 1. The fourth-order valence-corrected chi connectivity index (χ4v) is 4.22. The normalized spacial score (nSPS) is 22.0. The Bertz CT molecular complexity index is 526. The molecular formula is C19H28N2O. The van der Waals surface area contributed by atoms with Crippen molar-refractivity contribution in [2.24, 2.45) is 11.7 Å². The molecule has 0 unspecified atom stereocenters. The average molecular weight is 300 g/mol. The molecule has 1 aliphatic heterocycles. The Balaban J connectivity index is 1.83. The van der Waals surface area contributed by atoms with E-state index >= 15 is 0 Å². The van der Waals surface area contributed by atoms with Gasteiger partial charge in [0.25, 0.3) is 0 Å². The first-order valence-corrected chi connectivity index (χ1v) is 8.72. The van der Waals surface area contributed by atoms with Crippen LogP contribution in [0.3, 0.4) is 0 Å². The minimum absolute atomic E-state index is 0.262. The lowest BCUT2D eigenvalue weighted by molar-refractivity contribution is -0.138. The minimum Gasteiger partial charge on any atom is -0.342 e. The number of likely N-dealkylation sites (tertiary alicyclic amines) is 1. The van der Waals surface area contributed by atoms with E-state index in [1.807, 2.05) is 0 Å². The molecule has 3 nitrogen and oxygen atoms in total. The predicted octanol–water partition coefficient (Wildman–Crippen LogP) is 3.00. The molecule has 2 fully saturated rings. The molecule has 0 atom stereocenters. The number of aryl methyl sites for hydroxylation is 1. The van der Waals surface area contributed by atoms with Crippen LogP contribution in [0.5, 0.6) is 0 Å². The van der Waals surface area contributed by atoms with E-state index in [9.17, 15) is 4.79 Å². The van der Waals surface area contributed by atoms with Crippen molar-refractivity contribution in [3.8, 4) is 0 Å². The van der Waals surface area contributed by atoms with Gasteiger partial charge in [0.05, 0.1) is 5.41 Å². The summed E-state index contributed by atoms with van der Waals surface area (Å²) in [6.07, 6.45) is 6.47. The zero-order chi connectivity index (χ0) is 15.6. The molecule has 1 saturated heterocycles. The van der Waals surface area contributed by atoms with E-state index in [1.165, 1.54) is 24.0 Å². The van der Waals surface area contributed by atoms with E-state index in [2.05, 4.69) is 36.1 Å². The summed E-state index contributed by atoms with van der Waals surface area (Å²) >= 11 is 0. The van der Waals surface area contributed by atoms with Gasteiger partial charge in [-0.05, 0) is 50.6 Å². The van der Waals surface area contributed by atoms with Crippen LogP contribution in [0.1, 0.15) is 49.7 Å². The maximum atomic E-state index is 13.3. The molecule has 120 valence electrons. The lowest BCUT2D eigenvalue weighted by atomic mass is 9.76. The summed E-state index contributed by atoms with van der Waals surface area (Å²) in [5.74, 6) is 0.966. The van der Waals surface area contributed by atoms with Gasteiger partial charge in [-0.1, -0.05) is 42.7 Å². The van der Waals surface area contributed by atoms with Crippen molar-refractivity contribution in [3.05, 3.63) is 35.4 Å². The standard InChI is InChI=1S/C19H28N2O/c1-15-5-4-6-17(13-15)19(9-2-3-10-19)18(22)21-11-7-16(14-20)8-12-21/h4-6,13,16H,2-3,7-12,14,20H2,1H3. The number of carbonyl (C=O) groups is 1. The highest BCUT2D eigenvalue weighted by Gasteiger charge is 2.45. The Labute approximate surface area is 133 Å². The van der Waals surface area contributed by atoms with Crippen LogP contribution in [-0.4, -0.2) is 30.4 Å². The van der Waals surface area contributed by atoms with Gasteiger partial charge in [0.15, 0.2) is 0 Å². The second-order valence-electron chi connectivity index (χ2n) is 7.13. The van der Waals surface area contributed by atoms with Crippen molar-refractivity contribution >= 4 is 5.91 Å². The first-order valence-electron chi connectivity index (χ1n) is 8.72. The molecule has 1 heterocycles. The van der Waals surface area contributed by atoms with Crippen LogP contribution >= 0.6 is 0 Å². The van der Waals surface area contributed by atoms with Crippen molar-refractivity contribution in [2.75, 3.05) is 19.6 Å². The van der Waals surface area contributed by atoms with E-state index in [0.29, 0.717) is 11.8 Å². The molecule has 0 radical (unpaired) electrons. The Kier molecular flexibility index (Phi) is 4.53. The zero-order valence-electron chi connectivity index (χ0n) is 13.7. The van der Waals surface area contributed by atoms with Gasteiger partial charge in [-0.3, -0.25) is 4.79 Å². The van der Waals surface area contributed by atoms with Crippen LogP contribution in [0.2, 0.25) is 0 Å². The summed E-state index contributed by atoms with van der Waals surface area (Å²) in [6, 6.07) is 8.58. The third kappa shape index (κ3) is 2.79. The minimum atomic E-state index is -0.262. The Hall–Kier alpha value is -1.35. The summed E-state index contributed by atoms with van der Waals surface area (Å²) in [7, 11) is 0. The maximum Gasteiger partial charge on any atom is 0.233 e. The van der Waals surface area contributed by atoms with E-state index in [4.69, 9.17) is 5.73 Å². The molecule has 1 amide bonds. The Morgan fingerprint density at radius 3 is 2.55 bits per heavy atom. The summed E-state index contributed by atoms with van der Waals surface area (Å²) in [5.41, 5.74) is 8.00. The topological polar surface area (TPSA) is 46.3 Å². The third-order valence-electron chi connectivity index (χ3n) is 5.67. The molecule has 0 spiro atoms. The maximum absolute atomic E-state index is 13.3. The van der Waals surface area contributed by atoms with Gasteiger partial charge in [-0.25, -0.2) is 0 Å². The van der Waals surface area contributed by atoms with Crippen LogP contribution in [0.4, 0.5) is 0 Å². The zero-order valence-corrected chi connectivity index (χ0v) is 13.7. The van der Waals surface area contributed by atoms with Crippen LogP contribution in [0, 0.1) is 12.8 Å². The van der Waals surface area contributed by atoms with Crippen LogP contribution in [0.25, 0.3) is 0 Å². The number of nitrogens with zero attached hydrogens (tertiary/aromatic N) is 1. The molecule has 0 aromatic heterocycles. The van der Waals surface area contributed by atoms with Gasteiger partial charge in [0.1, 0.15) is 0 Å². The number of piperidine rings is 1. The fraction of sp³-hybridized carbons (Fsp3) is 0.632. The quantitative estimate of drug-likeness (QED) is 0.932. The molecule has 0 bridgehead atoms. The predicted molar refractivity (Wildman–Crippen MR) is 89.7 cm³/mol. The van der Waals surface area contributed by atoms with Crippen molar-refractivity contribution < 1.29 is 4.79 Å². The van der Waals surface area contributed by atoms with Gasteiger partial charge in [0.2, 0.25) is 5.91 Å². The molecule has 1 saturated carbocycles. The SMILES string of the molecule is Cc1cccc(C2(C(=O)N3CCC(CN)CC3)CCCC2)c1. The summed E-state index contributed by atoms with van der Waals surface area (Å²) in [5, 5.41) is 0. The number of hydrogen-bond donors (Lipinski definition) is 1. The van der Waals surface area contributed by atoms with Crippen molar-refractivity contribution in [1.82, 2.24) is 4.90 Å². The number of hydrogen-bond acceptors (Lipinski definition) is 2. The summed E-state index contributed by atoms with van der Waals surface area (Å²) in [4.78, 5) is 15.4. The second kappa shape index (κ2) is 6.41. The van der Waals surface area contributed by atoms with E-state index < -0.39 is 0 Å². The Morgan fingerprint density at radius 1 is 1.27 bits per heavy atom. The highest BCUT2D eigenvalue weighted by Crippen LogP contribution is 2.43. The molecule has 3 rings (SSSR count). The molecule has 2 N–H and O–H groups in total. The number of carbonyl (C=O) groups excluding carboxylic acids is 1. The van der Waals surface area contributed by atoms with Crippen LogP contribution < -0.4 is 5.73 Å². The largest absolute Gasteiger partial charge is 0.342 e. The van der Waals surface area contributed by atoms with Gasteiger partial charge in [-0.15, -0.1) is 0 Å². The highest BCUT2D eigenvalue weighted by atomic mass is 16.2. The van der Waals surface area contributed by atoms with E-state index in [1.54, 1.807) is 0 Å². The van der Waals surface area contributed by atoms with Gasteiger partial charge < -0.3 is 10.6 Å². The number of nitrogens with two attached hydrogens (primary N) is 1. The smallest absolute Gasteiger partial charge is 0.233 e. The number of rotatable bonds is 3. The molecule has 1 aliphatic carbocycles. The first kappa shape index (κ1) is 15.5. The number of amides is 1. The lowest BCUT2D eigenvalue weighted by Crippen LogP contribution is -2.49. The molecule has 1 aromatic rings. The lowest BCUT2D eigenvalue weighted by Gasteiger charge is -2.38.